The fourth-order valence-electron chi connectivity index (χ4n) is 8.34. The van der Waals surface area contributed by atoms with Gasteiger partial charge in [0.1, 0.15) is 0 Å². The molecule has 0 amide bonds. The van der Waals surface area contributed by atoms with Gasteiger partial charge >= 0.3 is 0 Å². The summed E-state index contributed by atoms with van der Waals surface area (Å²) < 4.78 is 0. The minimum Gasteiger partial charge on any atom is -0.295 e. The van der Waals surface area contributed by atoms with Crippen molar-refractivity contribution in [3.05, 3.63) is 44.6 Å². The zero-order valence-corrected chi connectivity index (χ0v) is 21.8. The fourth-order valence-corrected chi connectivity index (χ4v) is 8.34. The van der Waals surface area contributed by atoms with Crippen molar-refractivity contribution >= 4 is 23.1 Å². The molecule has 4 heteroatoms. The van der Waals surface area contributed by atoms with Crippen molar-refractivity contribution in [2.24, 2.45) is 34.5 Å². The molecule has 0 aromatic heterocycles. The van der Waals surface area contributed by atoms with Gasteiger partial charge in [0, 0.05) is 35.5 Å². The summed E-state index contributed by atoms with van der Waals surface area (Å²) in [7, 11) is 0. The molecule has 5 aliphatic carbocycles. The monoisotopic (exact) mass is 460 g/mol. The van der Waals surface area contributed by atoms with E-state index in [0.717, 1.165) is 44.6 Å². The molecule has 5 aliphatic rings. The van der Waals surface area contributed by atoms with E-state index in [2.05, 4.69) is 13.8 Å². The Bertz CT molecular complexity index is 1130. The Hall–Kier alpha value is -2.36. The highest BCUT2D eigenvalue weighted by molar-refractivity contribution is 6.15. The zero-order valence-electron chi connectivity index (χ0n) is 21.8. The highest BCUT2D eigenvalue weighted by Crippen LogP contribution is 2.79. The Kier molecular flexibility index (Phi) is 4.87. The lowest BCUT2D eigenvalue weighted by Gasteiger charge is -2.63. The molecule has 6 unspecified atom stereocenters. The molecule has 180 valence electrons. The molecule has 4 nitrogen and oxygen atoms in total. The molecule has 0 aliphatic heterocycles. The van der Waals surface area contributed by atoms with Gasteiger partial charge in [-0.3, -0.25) is 19.2 Å². The van der Waals surface area contributed by atoms with Gasteiger partial charge in [-0.1, -0.05) is 50.0 Å². The number of allylic oxidation sites excluding steroid dienone is 8. The number of ketones is 4. The van der Waals surface area contributed by atoms with Gasteiger partial charge in [-0.2, -0.15) is 0 Å². The second-order valence-electron chi connectivity index (χ2n) is 12.2. The number of fused-ring (bicyclic) bond motifs is 6. The molecule has 0 aromatic carbocycles. The molecule has 0 saturated heterocycles. The van der Waals surface area contributed by atoms with E-state index < -0.39 is 10.8 Å². The SMILES string of the molecule is CC(C)=C1CC2=C(C(=O)C3C4C(=O)C5=C(CC(=C(C)C)C(=O)CC5C)C4(C)C23C)C(C)CC1=O. The minimum absolute atomic E-state index is 0.0902. The zero-order chi connectivity index (χ0) is 25.1. The molecule has 0 bridgehead atoms. The van der Waals surface area contributed by atoms with Crippen molar-refractivity contribution in [1.29, 1.82) is 0 Å². The third kappa shape index (κ3) is 2.50. The maximum absolute atomic E-state index is 13.9. The first-order valence-electron chi connectivity index (χ1n) is 12.7. The third-order valence-corrected chi connectivity index (χ3v) is 10.2. The molecule has 34 heavy (non-hydrogen) atoms. The molecule has 0 N–H and O–H groups in total. The van der Waals surface area contributed by atoms with Crippen LogP contribution in [-0.4, -0.2) is 23.1 Å². The van der Waals surface area contributed by atoms with Gasteiger partial charge in [0.2, 0.25) is 0 Å². The molecule has 0 radical (unpaired) electrons. The minimum atomic E-state index is -0.504. The van der Waals surface area contributed by atoms with Crippen LogP contribution in [0.4, 0.5) is 0 Å². The van der Waals surface area contributed by atoms with E-state index >= 15 is 0 Å². The molecule has 1 fully saturated rings. The van der Waals surface area contributed by atoms with Crippen molar-refractivity contribution in [2.45, 2.75) is 81.1 Å². The van der Waals surface area contributed by atoms with Crippen molar-refractivity contribution in [2.75, 3.05) is 0 Å². The van der Waals surface area contributed by atoms with Gasteiger partial charge < -0.3 is 0 Å². The Labute approximate surface area is 202 Å². The second-order valence-corrected chi connectivity index (χ2v) is 12.2. The summed E-state index contributed by atoms with van der Waals surface area (Å²) in [6.45, 7) is 16.2. The van der Waals surface area contributed by atoms with Gasteiger partial charge in [-0.05, 0) is 74.7 Å². The van der Waals surface area contributed by atoms with E-state index in [1.165, 1.54) is 0 Å². The van der Waals surface area contributed by atoms with Crippen molar-refractivity contribution in [3.8, 4) is 0 Å². The van der Waals surface area contributed by atoms with Crippen molar-refractivity contribution < 1.29 is 19.2 Å². The molecule has 0 spiro atoms. The number of hydrogen-bond acceptors (Lipinski definition) is 4. The van der Waals surface area contributed by atoms with Gasteiger partial charge in [-0.15, -0.1) is 0 Å². The van der Waals surface area contributed by atoms with Crippen LogP contribution < -0.4 is 0 Å². The largest absolute Gasteiger partial charge is 0.295 e. The topological polar surface area (TPSA) is 68.3 Å². The predicted molar refractivity (Wildman–Crippen MR) is 131 cm³/mol. The van der Waals surface area contributed by atoms with Gasteiger partial charge in [-0.25, -0.2) is 0 Å². The van der Waals surface area contributed by atoms with Crippen LogP contribution in [0.5, 0.6) is 0 Å². The molecule has 1 saturated carbocycles. The molecule has 5 rings (SSSR count). The van der Waals surface area contributed by atoms with Crippen molar-refractivity contribution in [3.63, 3.8) is 0 Å². The quantitative estimate of drug-likeness (QED) is 0.437. The Balaban J connectivity index is 1.73. The molecule has 6 atom stereocenters. The van der Waals surface area contributed by atoms with E-state index in [1.807, 2.05) is 41.5 Å². The smallest absolute Gasteiger partial charge is 0.163 e. The van der Waals surface area contributed by atoms with Gasteiger partial charge in [0.15, 0.2) is 23.1 Å². The lowest BCUT2D eigenvalue weighted by Crippen LogP contribution is -2.64. The van der Waals surface area contributed by atoms with Crippen LogP contribution in [-0.2, 0) is 19.2 Å². The normalized spacial score (nSPS) is 39.4. The standard InChI is InChI=1S/C30H36O4/c1-13(2)17-11-19-23(15(5)9-21(17)31)27(33)25-26-28(34)24-16(6)10-22(32)18(14(3)4)12-20(24)30(26,8)29(19,25)7/h15-16,25-26H,9-12H2,1-8H3. The van der Waals surface area contributed by atoms with Crippen LogP contribution in [0, 0.1) is 34.5 Å². The summed E-state index contributed by atoms with van der Waals surface area (Å²) >= 11 is 0. The predicted octanol–water partition coefficient (Wildman–Crippen LogP) is 5.67. The fraction of sp³-hybridized carbons (Fsp3) is 0.600. The first kappa shape index (κ1) is 23.4. The maximum atomic E-state index is 13.9. The Morgan fingerprint density at radius 2 is 0.971 bits per heavy atom. The first-order chi connectivity index (χ1) is 15.8. The molecule has 0 heterocycles. The summed E-state index contributed by atoms with van der Waals surface area (Å²) in [5.41, 5.74) is 6.44. The molecular formula is C30H36O4. The first-order valence-corrected chi connectivity index (χ1v) is 12.7. The summed E-state index contributed by atoms with van der Waals surface area (Å²) in [6, 6.07) is 0. The van der Waals surface area contributed by atoms with E-state index in [-0.39, 0.29) is 46.8 Å². The van der Waals surface area contributed by atoms with Crippen LogP contribution >= 0.6 is 0 Å². The van der Waals surface area contributed by atoms with Crippen LogP contribution in [0.15, 0.2) is 44.6 Å². The Morgan fingerprint density at radius 3 is 1.26 bits per heavy atom. The number of rotatable bonds is 0. The summed E-state index contributed by atoms with van der Waals surface area (Å²) in [4.78, 5) is 54.0. The number of hydrogen-bond donors (Lipinski definition) is 0. The van der Waals surface area contributed by atoms with Crippen LogP contribution in [0.3, 0.4) is 0 Å². The van der Waals surface area contributed by atoms with E-state index in [9.17, 15) is 19.2 Å². The highest BCUT2D eigenvalue weighted by atomic mass is 16.1. The lowest BCUT2D eigenvalue weighted by atomic mass is 9.37. The highest BCUT2D eigenvalue weighted by Gasteiger charge is 2.79. The van der Waals surface area contributed by atoms with Crippen molar-refractivity contribution in [1.82, 2.24) is 0 Å². The van der Waals surface area contributed by atoms with Crippen LogP contribution in [0.2, 0.25) is 0 Å². The molecule has 0 aromatic rings. The summed E-state index contributed by atoms with van der Waals surface area (Å²) in [5.74, 6) is -0.518. The molecular weight excluding hydrogens is 424 g/mol. The van der Waals surface area contributed by atoms with Gasteiger partial charge in [0.25, 0.3) is 0 Å². The van der Waals surface area contributed by atoms with Crippen LogP contribution in [0.25, 0.3) is 0 Å². The second kappa shape index (κ2) is 7.08. The third-order valence-electron chi connectivity index (χ3n) is 10.2. The lowest BCUT2D eigenvalue weighted by molar-refractivity contribution is -0.163. The Morgan fingerprint density at radius 1 is 0.647 bits per heavy atom. The maximum Gasteiger partial charge on any atom is 0.163 e. The average Bonchev–Trinajstić information content (AvgIpc) is 2.89. The number of carbonyl (C=O) groups is 4. The summed E-state index contributed by atoms with van der Waals surface area (Å²) in [6.07, 6.45) is 1.71. The number of Topliss-reactive ketones (excluding diaryl/α,β-unsaturated/α-hetero) is 4. The van der Waals surface area contributed by atoms with E-state index in [4.69, 9.17) is 0 Å². The summed E-state index contributed by atoms with van der Waals surface area (Å²) in [5, 5.41) is 0. The van der Waals surface area contributed by atoms with E-state index in [1.54, 1.807) is 0 Å². The van der Waals surface area contributed by atoms with Gasteiger partial charge in [0.05, 0.1) is 0 Å². The van der Waals surface area contributed by atoms with E-state index in [0.29, 0.717) is 25.7 Å². The number of carbonyl (C=O) groups excluding carboxylic acids is 4. The van der Waals surface area contributed by atoms with Crippen LogP contribution in [0.1, 0.15) is 81.1 Å². The average molecular weight is 461 g/mol.